The standard InChI is InChI=1S/C24H43N3O3/c1-30-24(29)13-7-12-23(28)27(18-17-25-14-5-2-6-15-25)20-21-9-8-16-26(19-21)22-10-3-4-11-22/h21-22H,2-20H2,1H3. The predicted molar refractivity (Wildman–Crippen MR) is 119 cm³/mol. The number of piperidine rings is 2. The number of esters is 1. The van der Waals surface area contributed by atoms with Crippen LogP contribution in [-0.2, 0) is 14.3 Å². The van der Waals surface area contributed by atoms with Crippen LogP contribution in [0.1, 0.15) is 77.0 Å². The summed E-state index contributed by atoms with van der Waals surface area (Å²) < 4.78 is 4.73. The van der Waals surface area contributed by atoms with Crippen LogP contribution in [0.2, 0.25) is 0 Å². The number of nitrogens with zero attached hydrogens (tertiary/aromatic N) is 3. The van der Waals surface area contributed by atoms with Gasteiger partial charge in [-0.3, -0.25) is 9.59 Å². The van der Waals surface area contributed by atoms with Crippen LogP contribution < -0.4 is 0 Å². The lowest BCUT2D eigenvalue weighted by atomic mass is 9.95. The molecule has 0 bridgehead atoms. The van der Waals surface area contributed by atoms with E-state index in [0.717, 1.165) is 32.2 Å². The Balaban J connectivity index is 1.51. The minimum absolute atomic E-state index is 0.217. The summed E-state index contributed by atoms with van der Waals surface area (Å²) in [6, 6.07) is 0.783. The third-order valence-electron chi connectivity index (χ3n) is 7.36. The second-order valence-corrected chi connectivity index (χ2v) is 9.61. The molecular weight excluding hydrogens is 378 g/mol. The Bertz CT molecular complexity index is 530. The quantitative estimate of drug-likeness (QED) is 0.507. The van der Waals surface area contributed by atoms with Crippen LogP contribution in [-0.4, -0.2) is 85.5 Å². The Morgan fingerprint density at radius 1 is 0.933 bits per heavy atom. The Morgan fingerprint density at radius 2 is 1.70 bits per heavy atom. The van der Waals surface area contributed by atoms with Crippen molar-refractivity contribution in [1.82, 2.24) is 14.7 Å². The van der Waals surface area contributed by atoms with Crippen LogP contribution in [0.5, 0.6) is 0 Å². The molecule has 0 aromatic carbocycles. The predicted octanol–water partition coefficient (Wildman–Crippen LogP) is 3.30. The lowest BCUT2D eigenvalue weighted by molar-refractivity contribution is -0.141. The smallest absolute Gasteiger partial charge is 0.305 e. The topological polar surface area (TPSA) is 53.1 Å². The monoisotopic (exact) mass is 421 g/mol. The molecule has 1 unspecified atom stereocenters. The largest absolute Gasteiger partial charge is 0.469 e. The van der Waals surface area contributed by atoms with Crippen molar-refractivity contribution in [3.8, 4) is 0 Å². The first-order valence-corrected chi connectivity index (χ1v) is 12.5. The van der Waals surface area contributed by atoms with Gasteiger partial charge in [-0.2, -0.15) is 0 Å². The maximum atomic E-state index is 13.0. The molecule has 6 nitrogen and oxygen atoms in total. The first kappa shape index (κ1) is 23.5. The number of methoxy groups -OCH3 is 1. The van der Waals surface area contributed by atoms with E-state index in [1.54, 1.807) is 0 Å². The molecule has 0 spiro atoms. The molecule has 1 amide bonds. The Labute approximate surface area is 183 Å². The van der Waals surface area contributed by atoms with E-state index < -0.39 is 0 Å². The fraction of sp³-hybridized carbons (Fsp3) is 0.917. The van der Waals surface area contributed by atoms with Gasteiger partial charge in [0.2, 0.25) is 5.91 Å². The molecule has 2 aliphatic heterocycles. The molecule has 1 atom stereocenters. The van der Waals surface area contributed by atoms with E-state index in [1.165, 1.54) is 84.5 Å². The molecule has 3 aliphatic rings. The summed E-state index contributed by atoms with van der Waals surface area (Å²) in [7, 11) is 1.41. The van der Waals surface area contributed by atoms with E-state index in [1.807, 2.05) is 0 Å². The molecule has 1 saturated carbocycles. The van der Waals surface area contributed by atoms with E-state index >= 15 is 0 Å². The molecule has 2 heterocycles. The van der Waals surface area contributed by atoms with Crippen LogP contribution in [0.25, 0.3) is 0 Å². The molecule has 0 N–H and O–H groups in total. The summed E-state index contributed by atoms with van der Waals surface area (Å²) in [5.74, 6) is 0.585. The molecule has 30 heavy (non-hydrogen) atoms. The van der Waals surface area contributed by atoms with Crippen molar-refractivity contribution in [1.29, 1.82) is 0 Å². The fourth-order valence-electron chi connectivity index (χ4n) is 5.57. The highest BCUT2D eigenvalue weighted by atomic mass is 16.5. The summed E-state index contributed by atoms with van der Waals surface area (Å²) in [4.78, 5) is 31.8. The summed E-state index contributed by atoms with van der Waals surface area (Å²) in [6.07, 6.45) is 13.3. The maximum Gasteiger partial charge on any atom is 0.305 e. The van der Waals surface area contributed by atoms with E-state index in [-0.39, 0.29) is 11.9 Å². The van der Waals surface area contributed by atoms with Crippen LogP contribution in [0.4, 0.5) is 0 Å². The maximum absolute atomic E-state index is 13.0. The zero-order chi connectivity index (χ0) is 21.2. The zero-order valence-corrected chi connectivity index (χ0v) is 19.2. The van der Waals surface area contributed by atoms with Crippen LogP contribution in [0.15, 0.2) is 0 Å². The highest BCUT2D eigenvalue weighted by molar-refractivity contribution is 5.77. The van der Waals surface area contributed by atoms with Gasteiger partial charge in [0.1, 0.15) is 0 Å². The van der Waals surface area contributed by atoms with E-state index in [9.17, 15) is 9.59 Å². The molecule has 0 radical (unpaired) electrons. The second kappa shape index (κ2) is 12.7. The van der Waals surface area contributed by atoms with Crippen LogP contribution in [0, 0.1) is 5.92 Å². The molecule has 2 saturated heterocycles. The highest BCUT2D eigenvalue weighted by Crippen LogP contribution is 2.28. The molecule has 172 valence electrons. The van der Waals surface area contributed by atoms with E-state index in [2.05, 4.69) is 14.7 Å². The minimum atomic E-state index is -0.220. The van der Waals surface area contributed by atoms with Crippen molar-refractivity contribution in [2.24, 2.45) is 5.92 Å². The summed E-state index contributed by atoms with van der Waals surface area (Å²) in [6.45, 7) is 7.43. The van der Waals surface area contributed by atoms with Gasteiger partial charge in [0.05, 0.1) is 7.11 Å². The van der Waals surface area contributed by atoms with Crippen LogP contribution >= 0.6 is 0 Å². The minimum Gasteiger partial charge on any atom is -0.469 e. The Morgan fingerprint density at radius 3 is 2.43 bits per heavy atom. The molecule has 0 aromatic heterocycles. The van der Waals surface area contributed by atoms with Crippen molar-refractivity contribution in [2.45, 2.75) is 83.1 Å². The van der Waals surface area contributed by atoms with Gasteiger partial charge >= 0.3 is 5.97 Å². The van der Waals surface area contributed by atoms with Gasteiger partial charge in [0.15, 0.2) is 0 Å². The molecule has 6 heteroatoms. The Kier molecular flexibility index (Phi) is 9.92. The summed E-state index contributed by atoms with van der Waals surface area (Å²) >= 11 is 0. The van der Waals surface area contributed by atoms with Gasteiger partial charge in [-0.1, -0.05) is 19.3 Å². The van der Waals surface area contributed by atoms with Gasteiger partial charge in [-0.05, 0) is 70.5 Å². The molecule has 1 aliphatic carbocycles. The number of likely N-dealkylation sites (tertiary alicyclic amines) is 2. The fourth-order valence-corrected chi connectivity index (χ4v) is 5.57. The lowest BCUT2D eigenvalue weighted by Gasteiger charge is -2.39. The van der Waals surface area contributed by atoms with Crippen molar-refractivity contribution in [2.75, 3.05) is 52.9 Å². The van der Waals surface area contributed by atoms with Crippen molar-refractivity contribution in [3.05, 3.63) is 0 Å². The Hall–Kier alpha value is -1.14. The van der Waals surface area contributed by atoms with E-state index in [4.69, 9.17) is 4.74 Å². The first-order valence-electron chi connectivity index (χ1n) is 12.5. The molecule has 3 fully saturated rings. The number of rotatable bonds is 10. The third-order valence-corrected chi connectivity index (χ3v) is 7.36. The van der Waals surface area contributed by atoms with Gasteiger partial charge in [-0.25, -0.2) is 0 Å². The number of carbonyl (C=O) groups excluding carboxylic acids is 2. The average Bonchev–Trinajstić information content (AvgIpc) is 3.32. The van der Waals surface area contributed by atoms with Gasteiger partial charge in [0.25, 0.3) is 0 Å². The number of carbonyl (C=O) groups is 2. The number of amides is 1. The normalized spacial score (nSPS) is 24.1. The van der Waals surface area contributed by atoms with Gasteiger partial charge in [0, 0.05) is 45.1 Å². The van der Waals surface area contributed by atoms with Gasteiger partial charge in [-0.15, -0.1) is 0 Å². The summed E-state index contributed by atoms with van der Waals surface area (Å²) in [5.41, 5.74) is 0. The lowest BCUT2D eigenvalue weighted by Crippen LogP contribution is -2.47. The van der Waals surface area contributed by atoms with Crippen molar-refractivity contribution in [3.63, 3.8) is 0 Å². The van der Waals surface area contributed by atoms with Crippen molar-refractivity contribution < 1.29 is 14.3 Å². The number of hydrogen-bond donors (Lipinski definition) is 0. The number of ether oxygens (including phenoxy) is 1. The number of hydrogen-bond acceptors (Lipinski definition) is 5. The first-order chi connectivity index (χ1) is 14.7. The highest BCUT2D eigenvalue weighted by Gasteiger charge is 2.29. The molecule has 0 aromatic rings. The van der Waals surface area contributed by atoms with Crippen LogP contribution in [0.3, 0.4) is 0 Å². The van der Waals surface area contributed by atoms with Gasteiger partial charge < -0.3 is 19.4 Å². The summed E-state index contributed by atoms with van der Waals surface area (Å²) in [5, 5.41) is 0. The SMILES string of the molecule is COC(=O)CCCC(=O)N(CCN1CCCCC1)CC1CCCN(C2CCCC2)C1. The third kappa shape index (κ3) is 7.52. The second-order valence-electron chi connectivity index (χ2n) is 9.61. The zero-order valence-electron chi connectivity index (χ0n) is 19.2. The molecular formula is C24H43N3O3. The molecule has 3 rings (SSSR count). The van der Waals surface area contributed by atoms with Crippen molar-refractivity contribution >= 4 is 11.9 Å². The average molecular weight is 422 g/mol. The van der Waals surface area contributed by atoms with E-state index in [0.29, 0.717) is 25.2 Å².